The van der Waals surface area contributed by atoms with E-state index in [1.54, 1.807) is 26.0 Å². The van der Waals surface area contributed by atoms with E-state index in [1.807, 2.05) is 0 Å². The van der Waals surface area contributed by atoms with Gasteiger partial charge in [-0.05, 0) is 44.7 Å². The highest BCUT2D eigenvalue weighted by molar-refractivity contribution is 5.60. The summed E-state index contributed by atoms with van der Waals surface area (Å²) >= 11 is 0. The first-order valence-corrected chi connectivity index (χ1v) is 10.1. The Morgan fingerprint density at radius 2 is 1.14 bits per heavy atom. The minimum absolute atomic E-state index is 0.0639. The van der Waals surface area contributed by atoms with Gasteiger partial charge in [-0.1, -0.05) is 19.3 Å². The minimum Gasteiger partial charge on any atom is -0.507 e. The lowest BCUT2D eigenvalue weighted by Gasteiger charge is -2.33. The molecular weight excluding hydrogens is 372 g/mol. The average molecular weight is 402 g/mol. The van der Waals surface area contributed by atoms with Gasteiger partial charge in [0.1, 0.15) is 23.0 Å². The van der Waals surface area contributed by atoms with Crippen molar-refractivity contribution in [3.8, 4) is 23.0 Å². The van der Waals surface area contributed by atoms with Crippen LogP contribution >= 0.6 is 0 Å². The Kier molecular flexibility index (Phi) is 6.24. The summed E-state index contributed by atoms with van der Waals surface area (Å²) in [6.45, 7) is 2.43. The molecule has 1 aliphatic carbocycles. The number of aliphatic hydroxyl groups excluding tert-OH is 2. The molecule has 0 radical (unpaired) electrons. The quantitative estimate of drug-likeness (QED) is 0.452. The predicted molar refractivity (Wildman–Crippen MR) is 109 cm³/mol. The van der Waals surface area contributed by atoms with Gasteiger partial charge in [0.05, 0.1) is 13.2 Å². The van der Waals surface area contributed by atoms with Crippen LogP contribution in [0.2, 0.25) is 0 Å². The highest BCUT2D eigenvalue weighted by Crippen LogP contribution is 2.50. The van der Waals surface area contributed by atoms with Gasteiger partial charge in [0.15, 0.2) is 0 Å². The van der Waals surface area contributed by atoms with Crippen LogP contribution in [-0.4, -0.2) is 30.6 Å². The van der Waals surface area contributed by atoms with Crippen LogP contribution in [0.1, 0.15) is 71.4 Å². The van der Waals surface area contributed by atoms with Crippen molar-refractivity contribution in [2.75, 3.05) is 0 Å². The van der Waals surface area contributed by atoms with Gasteiger partial charge in [0.2, 0.25) is 0 Å². The van der Waals surface area contributed by atoms with Crippen molar-refractivity contribution < 1.29 is 30.6 Å². The zero-order valence-electron chi connectivity index (χ0n) is 16.9. The fourth-order valence-corrected chi connectivity index (χ4v) is 4.65. The van der Waals surface area contributed by atoms with Gasteiger partial charge in [-0.2, -0.15) is 0 Å². The van der Waals surface area contributed by atoms with Gasteiger partial charge in [-0.25, -0.2) is 0 Å². The zero-order chi connectivity index (χ0) is 21.3. The second-order valence-electron chi connectivity index (χ2n) is 8.09. The van der Waals surface area contributed by atoms with Gasteiger partial charge in [0.25, 0.3) is 0 Å². The van der Waals surface area contributed by atoms with Gasteiger partial charge in [0, 0.05) is 39.3 Å². The number of rotatable bonds is 5. The number of phenols is 4. The monoisotopic (exact) mass is 402 g/mol. The van der Waals surface area contributed by atoms with Gasteiger partial charge >= 0.3 is 0 Å². The molecule has 1 saturated carbocycles. The molecule has 0 aliphatic heterocycles. The van der Waals surface area contributed by atoms with Crippen molar-refractivity contribution in [2.24, 2.45) is 5.92 Å². The lowest BCUT2D eigenvalue weighted by Crippen LogP contribution is -2.19. The van der Waals surface area contributed by atoms with E-state index in [-0.39, 0.29) is 53.3 Å². The van der Waals surface area contributed by atoms with Crippen LogP contribution in [0.3, 0.4) is 0 Å². The molecule has 0 heterocycles. The normalized spacial score (nSPS) is 15.2. The Morgan fingerprint density at radius 1 is 0.724 bits per heavy atom. The van der Waals surface area contributed by atoms with Crippen molar-refractivity contribution in [3.05, 3.63) is 45.5 Å². The lowest BCUT2D eigenvalue weighted by atomic mass is 9.72. The SMILES string of the molecule is Cc1c(O)c(CO)cc(C(c2cc(CO)c(O)c(C)c2O)C2CCCCC2)c1O. The number of hydrogen-bond donors (Lipinski definition) is 6. The number of phenolic OH excluding ortho intramolecular Hbond substituents is 2. The summed E-state index contributed by atoms with van der Waals surface area (Å²) < 4.78 is 0. The van der Waals surface area contributed by atoms with E-state index >= 15 is 0 Å². The molecule has 0 saturated heterocycles. The summed E-state index contributed by atoms with van der Waals surface area (Å²) in [5.41, 5.74) is 2.25. The highest BCUT2D eigenvalue weighted by atomic mass is 16.3. The van der Waals surface area contributed by atoms with E-state index in [0.29, 0.717) is 22.3 Å². The van der Waals surface area contributed by atoms with Crippen LogP contribution in [0.25, 0.3) is 0 Å². The second-order valence-corrected chi connectivity index (χ2v) is 8.09. The van der Waals surface area contributed by atoms with Crippen molar-refractivity contribution in [1.29, 1.82) is 0 Å². The predicted octanol–water partition coefficient (Wildman–Crippen LogP) is 3.82. The molecule has 2 aromatic carbocycles. The first kappa shape index (κ1) is 21.3. The van der Waals surface area contributed by atoms with Crippen LogP contribution in [0.5, 0.6) is 23.0 Å². The Hall–Kier alpha value is -2.44. The molecule has 0 amide bonds. The molecule has 6 N–H and O–H groups in total. The minimum atomic E-state index is -0.399. The maximum atomic E-state index is 10.9. The first-order chi connectivity index (χ1) is 13.8. The van der Waals surface area contributed by atoms with Gasteiger partial charge in [-0.3, -0.25) is 0 Å². The van der Waals surface area contributed by atoms with Crippen LogP contribution in [0, 0.1) is 19.8 Å². The summed E-state index contributed by atoms with van der Waals surface area (Å²) in [4.78, 5) is 0. The standard InChI is InChI=1S/C23H30O6/c1-12-20(26)15(10-24)8-17(22(12)28)19(14-6-4-3-5-7-14)18-9-16(11-25)21(27)13(2)23(18)29/h8-9,14,19,24-29H,3-7,10-11H2,1-2H3. The molecule has 1 aliphatic rings. The van der Waals surface area contributed by atoms with Crippen molar-refractivity contribution >= 4 is 0 Å². The lowest BCUT2D eigenvalue weighted by molar-refractivity contribution is 0.272. The fraction of sp³-hybridized carbons (Fsp3) is 0.478. The number of hydrogen-bond acceptors (Lipinski definition) is 6. The van der Waals surface area contributed by atoms with Crippen LogP contribution < -0.4 is 0 Å². The molecule has 6 heteroatoms. The molecule has 0 spiro atoms. The maximum Gasteiger partial charge on any atom is 0.127 e. The molecule has 0 aromatic heterocycles. The van der Waals surface area contributed by atoms with Gasteiger partial charge < -0.3 is 30.6 Å². The summed E-state index contributed by atoms with van der Waals surface area (Å²) in [6.07, 6.45) is 5.03. The second kappa shape index (κ2) is 8.51. The largest absolute Gasteiger partial charge is 0.507 e. The van der Waals surface area contributed by atoms with E-state index in [0.717, 1.165) is 32.1 Å². The summed E-state index contributed by atoms with van der Waals surface area (Å²) in [5, 5.41) is 61.6. The molecule has 2 aromatic rings. The fourth-order valence-electron chi connectivity index (χ4n) is 4.65. The molecule has 1 fully saturated rings. The smallest absolute Gasteiger partial charge is 0.127 e. The summed E-state index contributed by atoms with van der Waals surface area (Å²) in [6, 6.07) is 3.19. The summed E-state index contributed by atoms with van der Waals surface area (Å²) in [5.74, 6) is -0.676. The molecule has 0 unspecified atom stereocenters. The Morgan fingerprint density at radius 3 is 1.52 bits per heavy atom. The van der Waals surface area contributed by atoms with Crippen molar-refractivity contribution in [1.82, 2.24) is 0 Å². The van der Waals surface area contributed by atoms with Crippen molar-refractivity contribution in [2.45, 2.75) is 65.1 Å². The third kappa shape index (κ3) is 3.74. The van der Waals surface area contributed by atoms with E-state index in [2.05, 4.69) is 0 Å². The number of benzene rings is 2. The third-order valence-corrected chi connectivity index (χ3v) is 6.37. The average Bonchev–Trinajstić information content (AvgIpc) is 2.74. The topological polar surface area (TPSA) is 121 Å². The molecule has 6 nitrogen and oxygen atoms in total. The molecule has 158 valence electrons. The van der Waals surface area contributed by atoms with E-state index in [4.69, 9.17) is 0 Å². The number of aromatic hydroxyl groups is 4. The zero-order valence-corrected chi connectivity index (χ0v) is 16.9. The Balaban J connectivity index is 2.28. The van der Waals surface area contributed by atoms with Crippen LogP contribution in [0.4, 0.5) is 0 Å². The number of aliphatic hydroxyl groups is 2. The third-order valence-electron chi connectivity index (χ3n) is 6.37. The summed E-state index contributed by atoms with van der Waals surface area (Å²) in [7, 11) is 0. The Labute approximate surface area is 170 Å². The van der Waals surface area contributed by atoms with Gasteiger partial charge in [-0.15, -0.1) is 0 Å². The van der Waals surface area contributed by atoms with Crippen molar-refractivity contribution in [3.63, 3.8) is 0 Å². The highest BCUT2D eigenvalue weighted by Gasteiger charge is 2.33. The van der Waals surface area contributed by atoms with Crippen LogP contribution in [-0.2, 0) is 13.2 Å². The molecule has 3 rings (SSSR count). The van der Waals surface area contributed by atoms with E-state index in [9.17, 15) is 30.6 Å². The molecule has 29 heavy (non-hydrogen) atoms. The maximum absolute atomic E-state index is 10.9. The Bertz CT molecular complexity index is 834. The van der Waals surface area contributed by atoms with E-state index < -0.39 is 5.92 Å². The van der Waals surface area contributed by atoms with Crippen LogP contribution in [0.15, 0.2) is 12.1 Å². The van der Waals surface area contributed by atoms with E-state index in [1.165, 1.54) is 0 Å². The first-order valence-electron chi connectivity index (χ1n) is 10.1. The molecular formula is C23H30O6. The molecule has 0 atom stereocenters. The molecule has 0 bridgehead atoms.